The van der Waals surface area contributed by atoms with Crippen molar-refractivity contribution < 1.29 is 28.4 Å². The molecule has 7 nitrogen and oxygen atoms in total. The van der Waals surface area contributed by atoms with E-state index in [0.717, 1.165) is 53.1 Å². The number of esters is 2. The highest BCUT2D eigenvalue weighted by atomic mass is 32.2. The standard InChI is InChI=1S/C26H29NO6S/c1-16-20(4-5-22-23(16)14-33-26(22)30)24(28)13-27-9-6-17(7-10-27)15-34(31)19-2-3-21-18(12-19)8-11-32-25(21)29/h2-5,12,17,24,28H,6-11,13-15H2,1H3. The number of aliphatic hydroxyl groups is 1. The van der Waals surface area contributed by atoms with Crippen LogP contribution in [0, 0.1) is 12.8 Å². The zero-order valence-corrected chi connectivity index (χ0v) is 20.1. The van der Waals surface area contributed by atoms with Gasteiger partial charge in [-0.3, -0.25) is 4.21 Å². The van der Waals surface area contributed by atoms with Crippen molar-refractivity contribution in [1.82, 2.24) is 4.90 Å². The van der Waals surface area contributed by atoms with Crippen LogP contribution < -0.4 is 0 Å². The highest BCUT2D eigenvalue weighted by molar-refractivity contribution is 7.85. The Morgan fingerprint density at radius 2 is 1.82 bits per heavy atom. The van der Waals surface area contributed by atoms with Gasteiger partial charge in [0.2, 0.25) is 0 Å². The van der Waals surface area contributed by atoms with Gasteiger partial charge in [0.25, 0.3) is 0 Å². The Kier molecular flexibility index (Phi) is 6.55. The lowest BCUT2D eigenvalue weighted by Gasteiger charge is -2.33. The number of ether oxygens (including phenoxy) is 2. The van der Waals surface area contributed by atoms with Crippen molar-refractivity contribution in [2.75, 3.05) is 32.0 Å². The zero-order valence-electron chi connectivity index (χ0n) is 19.2. The Bertz CT molecular complexity index is 1150. The van der Waals surface area contributed by atoms with Gasteiger partial charge in [-0.25, -0.2) is 9.59 Å². The molecule has 5 rings (SSSR count). The van der Waals surface area contributed by atoms with Crippen LogP contribution in [0.1, 0.15) is 61.9 Å². The summed E-state index contributed by atoms with van der Waals surface area (Å²) in [6.45, 7) is 4.82. The van der Waals surface area contributed by atoms with Crippen molar-refractivity contribution in [3.63, 3.8) is 0 Å². The molecule has 3 heterocycles. The number of cyclic esters (lactones) is 2. The smallest absolute Gasteiger partial charge is 0.338 e. The van der Waals surface area contributed by atoms with Crippen LogP contribution in [0.2, 0.25) is 0 Å². The fraction of sp³-hybridized carbons (Fsp3) is 0.462. The van der Waals surface area contributed by atoms with Crippen LogP contribution in [-0.2, 0) is 33.3 Å². The Hall–Kier alpha value is -2.55. The summed E-state index contributed by atoms with van der Waals surface area (Å²) in [5, 5.41) is 10.9. The van der Waals surface area contributed by atoms with Crippen LogP contribution in [0.4, 0.5) is 0 Å². The van der Waals surface area contributed by atoms with Crippen molar-refractivity contribution in [2.24, 2.45) is 5.92 Å². The van der Waals surface area contributed by atoms with E-state index in [1.54, 1.807) is 18.2 Å². The third-order valence-corrected chi connectivity index (χ3v) is 8.81. The van der Waals surface area contributed by atoms with E-state index < -0.39 is 16.9 Å². The van der Waals surface area contributed by atoms with E-state index in [9.17, 15) is 18.9 Å². The maximum Gasteiger partial charge on any atom is 0.338 e. The normalized spacial score (nSPS) is 20.3. The second-order valence-electron chi connectivity index (χ2n) is 9.36. The van der Waals surface area contributed by atoms with Crippen LogP contribution in [0.25, 0.3) is 0 Å². The molecule has 2 aromatic rings. The van der Waals surface area contributed by atoms with Gasteiger partial charge in [-0.2, -0.15) is 0 Å². The van der Waals surface area contributed by atoms with Crippen molar-refractivity contribution in [1.29, 1.82) is 0 Å². The second kappa shape index (κ2) is 9.60. The van der Waals surface area contributed by atoms with Gasteiger partial charge in [0.05, 0.1) is 34.6 Å². The number of carbonyl (C=O) groups is 2. The molecule has 0 amide bonds. The summed E-state index contributed by atoms with van der Waals surface area (Å²) in [4.78, 5) is 26.6. The molecule has 0 radical (unpaired) electrons. The molecule has 3 aliphatic rings. The van der Waals surface area contributed by atoms with Gasteiger partial charge in [-0.05, 0) is 79.7 Å². The molecule has 2 aromatic carbocycles. The minimum absolute atomic E-state index is 0.275. The lowest BCUT2D eigenvalue weighted by molar-refractivity contribution is 0.0478. The SMILES string of the molecule is Cc1c(C(O)CN2CCC(CS(=O)c3ccc4c(c3)CCOC4=O)CC2)ccc2c1COC2=O. The molecule has 34 heavy (non-hydrogen) atoms. The van der Waals surface area contributed by atoms with Gasteiger partial charge >= 0.3 is 11.9 Å². The van der Waals surface area contributed by atoms with Crippen LogP contribution in [0.15, 0.2) is 35.2 Å². The van der Waals surface area contributed by atoms with Crippen LogP contribution in [0.5, 0.6) is 0 Å². The number of piperidine rings is 1. The third kappa shape index (κ3) is 4.54. The van der Waals surface area contributed by atoms with Gasteiger partial charge in [0.1, 0.15) is 6.61 Å². The molecule has 0 aliphatic carbocycles. The number of benzene rings is 2. The number of hydrogen-bond acceptors (Lipinski definition) is 7. The van der Waals surface area contributed by atoms with Crippen LogP contribution >= 0.6 is 0 Å². The van der Waals surface area contributed by atoms with Crippen molar-refractivity contribution in [3.8, 4) is 0 Å². The summed E-state index contributed by atoms with van der Waals surface area (Å²) in [6.07, 6.45) is 1.90. The number of rotatable bonds is 6. The maximum absolute atomic E-state index is 13.0. The van der Waals surface area contributed by atoms with E-state index in [4.69, 9.17) is 9.47 Å². The fourth-order valence-electron chi connectivity index (χ4n) is 5.17. The molecule has 0 spiro atoms. The number of hydrogen-bond donors (Lipinski definition) is 1. The monoisotopic (exact) mass is 483 g/mol. The molecule has 3 aliphatic heterocycles. The average molecular weight is 484 g/mol. The molecule has 180 valence electrons. The number of carbonyl (C=O) groups excluding carboxylic acids is 2. The molecule has 0 saturated carbocycles. The molecule has 0 bridgehead atoms. The maximum atomic E-state index is 13.0. The molecular formula is C26H29NO6S. The second-order valence-corrected chi connectivity index (χ2v) is 10.9. The Labute approximate surface area is 201 Å². The Balaban J connectivity index is 1.15. The van der Waals surface area contributed by atoms with Crippen LogP contribution in [-0.4, -0.2) is 58.1 Å². The zero-order chi connectivity index (χ0) is 23.8. The first-order valence-corrected chi connectivity index (χ1v) is 13.1. The number of nitrogens with zero attached hydrogens (tertiary/aromatic N) is 1. The summed E-state index contributed by atoms with van der Waals surface area (Å²) in [7, 11) is -1.11. The summed E-state index contributed by atoms with van der Waals surface area (Å²) in [5.74, 6) is 0.374. The summed E-state index contributed by atoms with van der Waals surface area (Å²) < 4.78 is 23.2. The average Bonchev–Trinajstić information content (AvgIpc) is 3.22. The van der Waals surface area contributed by atoms with E-state index >= 15 is 0 Å². The number of β-amino-alcohol motifs (C(OH)–C–C–N with tert-alkyl or cyclic N) is 1. The topological polar surface area (TPSA) is 93.1 Å². The first-order valence-electron chi connectivity index (χ1n) is 11.8. The van der Waals surface area contributed by atoms with Crippen molar-refractivity contribution >= 4 is 22.7 Å². The van der Waals surface area contributed by atoms with Gasteiger partial charge in [-0.1, -0.05) is 6.07 Å². The van der Waals surface area contributed by atoms with Gasteiger partial charge in [-0.15, -0.1) is 0 Å². The summed E-state index contributed by atoms with van der Waals surface area (Å²) >= 11 is 0. The lowest BCUT2D eigenvalue weighted by Crippen LogP contribution is -2.38. The minimum atomic E-state index is -1.11. The summed E-state index contributed by atoms with van der Waals surface area (Å²) in [6, 6.07) is 9.00. The van der Waals surface area contributed by atoms with Crippen molar-refractivity contribution in [2.45, 2.75) is 43.8 Å². The first kappa shape index (κ1) is 23.2. The van der Waals surface area contributed by atoms with Gasteiger partial charge in [0, 0.05) is 29.2 Å². The molecule has 2 atom stereocenters. The molecule has 0 aromatic heterocycles. The molecule has 1 saturated heterocycles. The van der Waals surface area contributed by atoms with Crippen molar-refractivity contribution in [3.05, 3.63) is 63.7 Å². The van der Waals surface area contributed by atoms with Gasteiger partial charge < -0.3 is 19.5 Å². The van der Waals surface area contributed by atoms with E-state index in [1.807, 2.05) is 19.1 Å². The number of fused-ring (bicyclic) bond motifs is 2. The predicted octanol–water partition coefficient (Wildman–Crippen LogP) is 2.93. The largest absolute Gasteiger partial charge is 0.462 e. The highest BCUT2D eigenvalue weighted by Crippen LogP contribution is 2.30. The van der Waals surface area contributed by atoms with E-state index in [0.29, 0.717) is 42.4 Å². The highest BCUT2D eigenvalue weighted by Gasteiger charge is 2.28. The van der Waals surface area contributed by atoms with E-state index in [2.05, 4.69) is 4.90 Å². The van der Waals surface area contributed by atoms with Crippen LogP contribution in [0.3, 0.4) is 0 Å². The quantitative estimate of drug-likeness (QED) is 0.632. The summed E-state index contributed by atoms with van der Waals surface area (Å²) in [5.41, 5.74) is 4.75. The molecule has 2 unspecified atom stereocenters. The first-order chi connectivity index (χ1) is 16.4. The number of aliphatic hydroxyl groups excluding tert-OH is 1. The molecule has 1 fully saturated rings. The van der Waals surface area contributed by atoms with E-state index in [-0.39, 0.29) is 18.5 Å². The molecular weight excluding hydrogens is 454 g/mol. The predicted molar refractivity (Wildman–Crippen MR) is 126 cm³/mol. The fourth-order valence-corrected chi connectivity index (χ4v) is 6.61. The molecule has 1 N–H and O–H groups in total. The minimum Gasteiger partial charge on any atom is -0.462 e. The van der Waals surface area contributed by atoms with E-state index in [1.165, 1.54) is 0 Å². The Morgan fingerprint density at radius 3 is 2.62 bits per heavy atom. The number of likely N-dealkylation sites (tertiary alicyclic amines) is 1. The lowest BCUT2D eigenvalue weighted by atomic mass is 9.94. The third-order valence-electron chi connectivity index (χ3n) is 7.26. The van der Waals surface area contributed by atoms with Gasteiger partial charge in [0.15, 0.2) is 0 Å². The Morgan fingerprint density at radius 1 is 1.09 bits per heavy atom. The molecule has 8 heteroatoms.